The van der Waals surface area contributed by atoms with Crippen LogP contribution in [-0.4, -0.2) is 0 Å². The molecule has 0 N–H and O–H groups in total. The molecule has 0 aromatic rings. The fraction of sp³-hybridized carbons (Fsp3) is 0.621. The highest BCUT2D eigenvalue weighted by Crippen LogP contribution is 2.76. The number of rotatable bonds is 4. The van der Waals surface area contributed by atoms with Gasteiger partial charge in [0.1, 0.15) is 0 Å². The molecule has 7 unspecified atom stereocenters. The van der Waals surface area contributed by atoms with Gasteiger partial charge in [0, 0.05) is 10.8 Å². The van der Waals surface area contributed by atoms with Crippen molar-refractivity contribution in [2.45, 2.75) is 67.2 Å². The zero-order valence-corrected chi connectivity index (χ0v) is 20.1. The van der Waals surface area contributed by atoms with E-state index in [-0.39, 0.29) is 27.6 Å². The van der Waals surface area contributed by atoms with Gasteiger partial charge in [0.2, 0.25) is 0 Å². The molecule has 0 aromatic heterocycles. The lowest BCUT2D eigenvalue weighted by molar-refractivity contribution is -0.136. The second kappa shape index (κ2) is 7.40. The molecule has 0 bridgehead atoms. The smallest absolute Gasteiger partial charge is 0.0665 e. The van der Waals surface area contributed by atoms with E-state index in [1.54, 1.807) is 0 Å². The van der Waals surface area contributed by atoms with E-state index < -0.39 is 0 Å². The van der Waals surface area contributed by atoms with Crippen molar-refractivity contribution >= 4 is 0 Å². The molecule has 3 rings (SSSR count). The predicted octanol–water partition coefficient (Wildman–Crippen LogP) is 8.05. The molecule has 3 aliphatic rings. The maximum atomic E-state index is 10.2. The largest absolute Gasteiger partial charge is 0.198 e. The van der Waals surface area contributed by atoms with Crippen molar-refractivity contribution in [1.82, 2.24) is 0 Å². The Balaban J connectivity index is 2.26. The summed E-state index contributed by atoms with van der Waals surface area (Å²) >= 11 is 0. The molecule has 8 atom stereocenters. The summed E-state index contributed by atoms with van der Waals surface area (Å²) in [6.45, 7) is 26.8. The number of fused-ring (bicyclic) bond motifs is 3. The van der Waals surface area contributed by atoms with Crippen molar-refractivity contribution in [3.63, 3.8) is 0 Å². The molecular formula is C29H41N. The third-order valence-electron chi connectivity index (χ3n) is 10.5. The fourth-order valence-electron chi connectivity index (χ4n) is 8.37. The number of hydrogen-bond donors (Lipinski definition) is 0. The average molecular weight is 404 g/mol. The number of allylic oxidation sites excluding steroid dienone is 7. The summed E-state index contributed by atoms with van der Waals surface area (Å²) in [5.41, 5.74) is 2.61. The molecule has 30 heavy (non-hydrogen) atoms. The zero-order valence-electron chi connectivity index (χ0n) is 20.1. The van der Waals surface area contributed by atoms with Crippen LogP contribution in [0.5, 0.6) is 0 Å². The van der Waals surface area contributed by atoms with Crippen molar-refractivity contribution in [2.75, 3.05) is 0 Å². The number of hydrogen-bond acceptors (Lipinski definition) is 1. The highest BCUT2D eigenvalue weighted by Gasteiger charge is 2.71. The Labute approximate surface area is 185 Å². The van der Waals surface area contributed by atoms with E-state index >= 15 is 0 Å². The van der Waals surface area contributed by atoms with Gasteiger partial charge in [0.15, 0.2) is 0 Å². The highest BCUT2D eigenvalue weighted by molar-refractivity contribution is 5.37. The van der Waals surface area contributed by atoms with Crippen LogP contribution in [0.1, 0.15) is 67.2 Å². The Morgan fingerprint density at radius 1 is 1.17 bits per heavy atom. The molecule has 0 spiro atoms. The Kier molecular flexibility index (Phi) is 5.64. The van der Waals surface area contributed by atoms with Crippen LogP contribution in [0.2, 0.25) is 0 Å². The maximum Gasteiger partial charge on any atom is 0.0665 e. The summed E-state index contributed by atoms with van der Waals surface area (Å²) in [6.07, 6.45) is 15.4. The second-order valence-electron chi connectivity index (χ2n) is 11.0. The Morgan fingerprint density at radius 2 is 1.83 bits per heavy atom. The Hall–Kier alpha value is -1.81. The van der Waals surface area contributed by atoms with E-state index in [9.17, 15) is 5.26 Å². The standard InChI is InChI=1S/C29H41N/c1-10-13-22-14-15-24-25-17-23(19-30)28(8,20(4)5)27(25,7)18-21(12-3)29(24,9)26(22,6)16-11-2/h10-13,16,21,23-25H,1,3-4,14-15,17-18H2,2,5-9H3/b16-11+,22-13+/t21?,23?,24?,25?,26?,27?,28?,29-/m0/s1. The van der Waals surface area contributed by atoms with Crippen LogP contribution in [0.25, 0.3) is 0 Å². The first-order valence-electron chi connectivity index (χ1n) is 11.7. The van der Waals surface area contributed by atoms with Crippen molar-refractivity contribution < 1.29 is 0 Å². The lowest BCUT2D eigenvalue weighted by Crippen LogP contribution is -2.60. The highest BCUT2D eigenvalue weighted by atomic mass is 14.7. The molecule has 3 fully saturated rings. The van der Waals surface area contributed by atoms with Crippen molar-refractivity contribution in [3.05, 3.63) is 61.3 Å². The van der Waals surface area contributed by atoms with Gasteiger partial charge < -0.3 is 0 Å². The molecule has 1 heteroatoms. The molecule has 0 saturated heterocycles. The van der Waals surface area contributed by atoms with Gasteiger partial charge in [-0.2, -0.15) is 5.26 Å². The van der Waals surface area contributed by atoms with E-state index in [0.717, 1.165) is 19.3 Å². The molecule has 3 aliphatic carbocycles. The molecule has 0 amide bonds. The van der Waals surface area contributed by atoms with Gasteiger partial charge in [0.05, 0.1) is 12.0 Å². The van der Waals surface area contributed by atoms with E-state index in [2.05, 4.69) is 91.7 Å². The summed E-state index contributed by atoms with van der Waals surface area (Å²) in [7, 11) is 0. The van der Waals surface area contributed by atoms with Gasteiger partial charge in [-0.05, 0) is 68.1 Å². The van der Waals surface area contributed by atoms with Crippen LogP contribution in [0.15, 0.2) is 61.3 Å². The summed E-state index contributed by atoms with van der Waals surface area (Å²) in [5, 5.41) is 10.2. The van der Waals surface area contributed by atoms with Gasteiger partial charge in [-0.3, -0.25) is 0 Å². The average Bonchev–Trinajstić information content (AvgIpc) is 2.93. The maximum absolute atomic E-state index is 10.2. The van der Waals surface area contributed by atoms with Crippen LogP contribution in [0.4, 0.5) is 0 Å². The summed E-state index contributed by atoms with van der Waals surface area (Å²) in [5.74, 6) is 1.50. The van der Waals surface area contributed by atoms with Gasteiger partial charge in [0.25, 0.3) is 0 Å². The first-order chi connectivity index (χ1) is 14.0. The molecule has 162 valence electrons. The summed E-state index contributed by atoms with van der Waals surface area (Å²) < 4.78 is 0. The monoisotopic (exact) mass is 403 g/mol. The minimum atomic E-state index is -0.150. The molecule has 0 radical (unpaired) electrons. The van der Waals surface area contributed by atoms with E-state index in [1.807, 2.05) is 6.08 Å². The molecule has 0 aliphatic heterocycles. The van der Waals surface area contributed by atoms with Crippen LogP contribution in [-0.2, 0) is 0 Å². The zero-order chi connectivity index (χ0) is 22.5. The Morgan fingerprint density at radius 3 is 2.33 bits per heavy atom. The van der Waals surface area contributed by atoms with Gasteiger partial charge in [-0.1, -0.05) is 82.4 Å². The molecular weight excluding hydrogens is 362 g/mol. The lowest BCUT2D eigenvalue weighted by atomic mass is 9.37. The normalized spacial score (nSPS) is 49.3. The van der Waals surface area contributed by atoms with Crippen molar-refractivity contribution in [3.8, 4) is 6.07 Å². The third-order valence-corrected chi connectivity index (χ3v) is 10.5. The van der Waals surface area contributed by atoms with Crippen LogP contribution >= 0.6 is 0 Å². The number of nitrogens with zero attached hydrogens (tertiary/aromatic N) is 1. The summed E-state index contributed by atoms with van der Waals surface area (Å²) in [4.78, 5) is 0. The lowest BCUT2D eigenvalue weighted by Gasteiger charge is -2.67. The van der Waals surface area contributed by atoms with Crippen LogP contribution in [0.3, 0.4) is 0 Å². The van der Waals surface area contributed by atoms with Crippen LogP contribution < -0.4 is 0 Å². The van der Waals surface area contributed by atoms with Gasteiger partial charge in [-0.15, -0.1) is 6.58 Å². The SMILES string of the molecule is C=C/C=C1\CCC2C3CC(C#N)C(C)(C(=C)C)C3(C)CC(C=C)[C@]2(C)C1(C)/C=C/C. The molecule has 0 heterocycles. The van der Waals surface area contributed by atoms with Crippen molar-refractivity contribution in [2.24, 2.45) is 45.3 Å². The third kappa shape index (κ3) is 2.52. The first-order valence-corrected chi connectivity index (χ1v) is 11.7. The summed E-state index contributed by atoms with van der Waals surface area (Å²) in [6, 6.07) is 2.71. The predicted molar refractivity (Wildman–Crippen MR) is 129 cm³/mol. The quantitative estimate of drug-likeness (QED) is 0.435. The van der Waals surface area contributed by atoms with Crippen molar-refractivity contribution in [1.29, 1.82) is 5.26 Å². The second-order valence-corrected chi connectivity index (χ2v) is 11.0. The Bertz CT molecular complexity index is 852. The van der Waals surface area contributed by atoms with E-state index in [4.69, 9.17) is 0 Å². The van der Waals surface area contributed by atoms with Gasteiger partial charge in [-0.25, -0.2) is 0 Å². The van der Waals surface area contributed by atoms with Gasteiger partial charge >= 0.3 is 0 Å². The van der Waals surface area contributed by atoms with Crippen LogP contribution in [0, 0.1) is 56.7 Å². The molecule has 3 saturated carbocycles. The number of nitriles is 1. The molecule has 0 aromatic carbocycles. The van der Waals surface area contributed by atoms with E-state index in [0.29, 0.717) is 17.8 Å². The minimum absolute atomic E-state index is 0.0379. The molecule has 1 nitrogen and oxygen atoms in total. The topological polar surface area (TPSA) is 23.8 Å². The first kappa shape index (κ1) is 22.9. The fourth-order valence-corrected chi connectivity index (χ4v) is 8.37. The minimum Gasteiger partial charge on any atom is -0.198 e. The van der Waals surface area contributed by atoms with E-state index in [1.165, 1.54) is 17.6 Å².